The molecule has 0 amide bonds. The summed E-state index contributed by atoms with van der Waals surface area (Å²) < 4.78 is 87.2. The largest absolute Gasteiger partial charge is 1.00 e. The molecule has 1 N–H and O–H groups in total. The van der Waals surface area contributed by atoms with Crippen molar-refractivity contribution in [2.75, 3.05) is 17.3 Å². The van der Waals surface area contributed by atoms with E-state index in [0.29, 0.717) is 6.42 Å². The molecule has 0 saturated heterocycles. The van der Waals surface area contributed by atoms with Crippen molar-refractivity contribution in [3.63, 3.8) is 0 Å². The van der Waals surface area contributed by atoms with Gasteiger partial charge < -0.3 is 9.11 Å². The minimum absolute atomic E-state index is 0. The molecule has 35 heavy (non-hydrogen) atoms. The Labute approximate surface area is 258 Å². The Morgan fingerprint density at radius 2 is 0.857 bits per heavy atom. The predicted molar refractivity (Wildman–Crippen MR) is 132 cm³/mol. The third-order valence-corrected chi connectivity index (χ3v) is 6.24. The van der Waals surface area contributed by atoms with Crippen molar-refractivity contribution in [1.82, 2.24) is 0 Å². The van der Waals surface area contributed by atoms with E-state index >= 15 is 0 Å². The van der Waals surface area contributed by atoms with Gasteiger partial charge in [-0.1, -0.05) is 96.1 Å². The molecule has 0 aliphatic carbocycles. The molecule has 0 aromatic carbocycles. The van der Waals surface area contributed by atoms with E-state index in [0.717, 1.165) is 25.0 Å². The summed E-state index contributed by atoms with van der Waals surface area (Å²) in [4.78, 5) is 0. The van der Waals surface area contributed by atoms with Gasteiger partial charge in [0.15, 0.2) is 0 Å². The van der Waals surface area contributed by atoms with Gasteiger partial charge in [0.25, 0.3) is 10.1 Å². The molecule has 0 atom stereocenters. The van der Waals surface area contributed by atoms with Crippen molar-refractivity contribution in [3.05, 3.63) is 25.3 Å². The van der Waals surface area contributed by atoms with Crippen LogP contribution in [0.1, 0.15) is 90.4 Å². The first-order valence-corrected chi connectivity index (χ1v) is 16.0. The Morgan fingerprint density at radius 1 is 0.600 bits per heavy atom. The van der Waals surface area contributed by atoms with Gasteiger partial charge in [-0.25, -0.2) is 16.8 Å². The molecule has 0 aliphatic heterocycles. The summed E-state index contributed by atoms with van der Waals surface area (Å²) in [7, 11) is -11.8. The minimum Gasteiger partial charge on any atom is -0.748 e. The summed E-state index contributed by atoms with van der Waals surface area (Å²) in [5.74, 6) is -1.04. The van der Waals surface area contributed by atoms with Crippen LogP contribution in [-0.4, -0.2) is 56.2 Å². The van der Waals surface area contributed by atoms with Crippen LogP contribution in [0.25, 0.3) is 0 Å². The average molecular weight is 581 g/mol. The van der Waals surface area contributed by atoms with Crippen LogP contribution < -0.4 is 59.1 Å². The second-order valence-electron chi connectivity index (χ2n) is 7.55. The van der Waals surface area contributed by atoms with Crippen molar-refractivity contribution in [2.24, 2.45) is 0 Å². The molecule has 0 bridgehead atoms. The molecule has 0 aromatic rings. The first kappa shape index (κ1) is 46.1. The Kier molecular flexibility index (Phi) is 39.2. The summed E-state index contributed by atoms with van der Waals surface area (Å²) in [5.41, 5.74) is 0. The predicted octanol–water partition coefficient (Wildman–Crippen LogP) is -1.59. The van der Waals surface area contributed by atoms with E-state index in [1.807, 2.05) is 0 Å². The smallest absolute Gasteiger partial charge is 0.748 e. The first-order chi connectivity index (χ1) is 15.2. The fourth-order valence-electron chi connectivity index (χ4n) is 2.59. The standard InChI is InChI=1S/C15H32O3S.2C3H6O3S.2Na/c1-2-3-4-5-6-7-8-9-10-11-12-13-14-15-19(16,17)18;2*1-2-3-7(4,5)6;;/h2-15H2,1H3,(H,16,17,18);2*2H,1,3H2,(H,4,5,6);;/q;;;2*+1/p-2. The summed E-state index contributed by atoms with van der Waals surface area (Å²) >= 11 is 0. The van der Waals surface area contributed by atoms with E-state index in [1.54, 1.807) is 0 Å². The molecule has 0 aromatic heterocycles. The monoisotopic (exact) mass is 580 g/mol. The van der Waals surface area contributed by atoms with Gasteiger partial charge >= 0.3 is 59.1 Å². The summed E-state index contributed by atoms with van der Waals surface area (Å²) in [6.45, 7) is 8.38. The second-order valence-corrected chi connectivity index (χ2v) is 12.0. The number of rotatable bonds is 18. The van der Waals surface area contributed by atoms with Gasteiger partial charge in [-0.2, -0.15) is 8.42 Å². The molecule has 9 nitrogen and oxygen atoms in total. The Bertz CT molecular complexity index is 745. The zero-order valence-electron chi connectivity index (χ0n) is 21.8. The van der Waals surface area contributed by atoms with E-state index in [-0.39, 0.29) is 64.9 Å². The molecule has 0 spiro atoms. The molecule has 0 radical (unpaired) electrons. The van der Waals surface area contributed by atoms with Gasteiger partial charge in [0.2, 0.25) is 0 Å². The summed E-state index contributed by atoms with van der Waals surface area (Å²) in [6, 6.07) is 0. The van der Waals surface area contributed by atoms with Crippen LogP contribution in [0.15, 0.2) is 25.3 Å². The molecule has 14 heteroatoms. The number of hydrogen-bond donors (Lipinski definition) is 1. The van der Waals surface area contributed by atoms with Gasteiger partial charge in [0.1, 0.15) is 0 Å². The van der Waals surface area contributed by atoms with Crippen LogP contribution >= 0.6 is 0 Å². The van der Waals surface area contributed by atoms with E-state index < -0.39 is 41.9 Å². The first-order valence-electron chi connectivity index (χ1n) is 11.2. The average Bonchev–Trinajstić information content (AvgIpc) is 2.64. The maximum Gasteiger partial charge on any atom is 1.00 e. The van der Waals surface area contributed by atoms with Gasteiger partial charge in [0, 0.05) is 0 Å². The quantitative estimate of drug-likeness (QED) is 0.0869. The molecular weight excluding hydrogens is 538 g/mol. The van der Waals surface area contributed by atoms with Crippen LogP contribution in [-0.2, 0) is 30.4 Å². The van der Waals surface area contributed by atoms with Crippen LogP contribution in [0.3, 0.4) is 0 Å². The van der Waals surface area contributed by atoms with E-state index in [1.165, 1.54) is 64.2 Å². The second kappa shape index (κ2) is 29.8. The number of unbranched alkanes of at least 4 members (excludes halogenated alkanes) is 12. The summed E-state index contributed by atoms with van der Waals surface area (Å²) in [5, 5.41) is 0. The molecule has 0 rings (SSSR count). The van der Waals surface area contributed by atoms with Crippen molar-refractivity contribution in [1.29, 1.82) is 0 Å². The molecule has 0 aliphatic rings. The van der Waals surface area contributed by atoms with Crippen molar-refractivity contribution >= 4 is 30.4 Å². The molecule has 0 saturated carbocycles. The SMILES string of the molecule is C=CCS(=O)(=O)[O-].C=CCS(=O)(=O)[O-].CCCCCCCCCCCCCCCS(=O)(=O)O.[Na+].[Na+]. The zero-order chi connectivity index (χ0) is 26.2. The molecule has 0 fully saturated rings. The van der Waals surface area contributed by atoms with Crippen LogP contribution in [0, 0.1) is 0 Å². The molecule has 200 valence electrons. The maximum absolute atomic E-state index is 10.5. The van der Waals surface area contributed by atoms with E-state index in [2.05, 4.69) is 20.1 Å². The Balaban J connectivity index is -0.000000155. The molecule has 0 unspecified atom stereocenters. The minimum atomic E-state index is -4.04. The number of hydrogen-bond acceptors (Lipinski definition) is 8. The zero-order valence-corrected chi connectivity index (χ0v) is 28.3. The Hall–Kier alpha value is 1.21. The van der Waals surface area contributed by atoms with Crippen LogP contribution in [0.5, 0.6) is 0 Å². The normalized spacial score (nSPS) is 10.9. The van der Waals surface area contributed by atoms with Crippen molar-refractivity contribution < 1.29 is 98.0 Å². The van der Waals surface area contributed by atoms with Gasteiger partial charge in [-0.3, -0.25) is 4.55 Å². The molecular formula is C21H42Na2O9S3. The van der Waals surface area contributed by atoms with Gasteiger partial charge in [-0.05, 0) is 6.42 Å². The van der Waals surface area contributed by atoms with E-state index in [4.69, 9.17) is 4.55 Å². The van der Waals surface area contributed by atoms with Crippen LogP contribution in [0.2, 0.25) is 0 Å². The fraction of sp³-hybridized carbons (Fsp3) is 0.810. The fourth-order valence-corrected chi connectivity index (χ4v) is 3.74. The van der Waals surface area contributed by atoms with Crippen molar-refractivity contribution in [2.45, 2.75) is 90.4 Å². The third-order valence-electron chi connectivity index (χ3n) is 4.15. The van der Waals surface area contributed by atoms with Gasteiger partial charge in [-0.15, -0.1) is 13.2 Å². The van der Waals surface area contributed by atoms with E-state index in [9.17, 15) is 34.4 Å². The third kappa shape index (κ3) is 61.1. The maximum atomic E-state index is 10.5. The molecule has 0 heterocycles. The summed E-state index contributed by atoms with van der Waals surface area (Å²) in [6.07, 6.45) is 18.1. The topological polar surface area (TPSA) is 169 Å². The van der Waals surface area contributed by atoms with Crippen molar-refractivity contribution in [3.8, 4) is 0 Å². The van der Waals surface area contributed by atoms with Crippen LogP contribution in [0.4, 0.5) is 0 Å². The van der Waals surface area contributed by atoms with Gasteiger partial charge in [0.05, 0.1) is 37.5 Å². The Morgan fingerprint density at radius 3 is 1.03 bits per heavy atom.